The van der Waals surface area contributed by atoms with E-state index in [-0.39, 0.29) is 11.6 Å². The van der Waals surface area contributed by atoms with Gasteiger partial charge in [-0.2, -0.15) is 0 Å². The lowest BCUT2D eigenvalue weighted by Crippen LogP contribution is -2.18. The van der Waals surface area contributed by atoms with Crippen LogP contribution >= 0.6 is 0 Å². The van der Waals surface area contributed by atoms with E-state index < -0.39 is 5.97 Å². The second-order valence-electron chi connectivity index (χ2n) is 4.22. The van der Waals surface area contributed by atoms with Crippen molar-refractivity contribution in [1.82, 2.24) is 4.98 Å². The van der Waals surface area contributed by atoms with Crippen molar-refractivity contribution >= 4 is 11.8 Å². The van der Waals surface area contributed by atoms with Gasteiger partial charge in [-0.1, -0.05) is 6.92 Å². The molecule has 1 unspecified atom stereocenters. The molecule has 0 saturated heterocycles. The third-order valence-electron chi connectivity index (χ3n) is 2.64. The Morgan fingerprint density at radius 2 is 2.28 bits per heavy atom. The monoisotopic (exact) mass is 252 g/mol. The number of carbonyl (C=O) groups is 1. The smallest absolute Gasteiger partial charge is 0.335 e. The van der Waals surface area contributed by atoms with E-state index in [1.165, 1.54) is 0 Å². The van der Waals surface area contributed by atoms with Crippen LogP contribution in [0.3, 0.4) is 0 Å². The molecule has 0 saturated carbocycles. The van der Waals surface area contributed by atoms with Crippen molar-refractivity contribution in [3.63, 3.8) is 0 Å². The van der Waals surface area contributed by atoms with Crippen LogP contribution in [0.25, 0.3) is 0 Å². The number of nitrogens with zero attached hydrogens (tertiary/aromatic N) is 1. The first-order valence-electron chi connectivity index (χ1n) is 6.06. The first-order chi connectivity index (χ1) is 8.56. The Hall–Kier alpha value is -1.62. The molecule has 0 aliphatic carbocycles. The number of hydrogen-bond donors (Lipinski definition) is 2. The van der Waals surface area contributed by atoms with Crippen LogP contribution < -0.4 is 5.32 Å². The minimum Gasteiger partial charge on any atom is -0.478 e. The number of hydrogen-bond acceptors (Lipinski definition) is 4. The molecule has 1 aromatic rings. The Morgan fingerprint density at radius 3 is 2.83 bits per heavy atom. The summed E-state index contributed by atoms with van der Waals surface area (Å²) in [6.45, 7) is 4.62. The average molecular weight is 252 g/mol. The Kier molecular flexibility index (Phi) is 5.58. The van der Waals surface area contributed by atoms with Crippen LogP contribution in [0.1, 0.15) is 36.3 Å². The van der Waals surface area contributed by atoms with Crippen LogP contribution in [-0.4, -0.2) is 35.8 Å². The van der Waals surface area contributed by atoms with Crippen LogP contribution in [0.5, 0.6) is 0 Å². The molecule has 1 rings (SSSR count). The fourth-order valence-electron chi connectivity index (χ4n) is 1.59. The summed E-state index contributed by atoms with van der Waals surface area (Å²) in [6, 6.07) is 3.35. The van der Waals surface area contributed by atoms with Gasteiger partial charge in [0.15, 0.2) is 0 Å². The maximum Gasteiger partial charge on any atom is 0.335 e. The van der Waals surface area contributed by atoms with Crippen molar-refractivity contribution in [1.29, 1.82) is 0 Å². The van der Waals surface area contributed by atoms with Crippen molar-refractivity contribution < 1.29 is 14.6 Å². The summed E-state index contributed by atoms with van der Waals surface area (Å²) < 4.78 is 5.00. The SMILES string of the molecule is CCc1cc(C(=O)O)cc(NC(C)CCOC)n1. The molecule has 0 amide bonds. The van der Waals surface area contributed by atoms with Crippen molar-refractivity contribution in [2.45, 2.75) is 32.7 Å². The minimum atomic E-state index is -0.931. The average Bonchev–Trinajstić information content (AvgIpc) is 2.35. The summed E-state index contributed by atoms with van der Waals surface area (Å²) in [5.41, 5.74) is 1.04. The molecule has 1 atom stereocenters. The first kappa shape index (κ1) is 14.4. The summed E-state index contributed by atoms with van der Waals surface area (Å²) in [6.07, 6.45) is 1.55. The Morgan fingerprint density at radius 1 is 1.56 bits per heavy atom. The van der Waals surface area contributed by atoms with Gasteiger partial charge in [0.25, 0.3) is 0 Å². The molecular formula is C13H20N2O3. The minimum absolute atomic E-state index is 0.186. The molecule has 18 heavy (non-hydrogen) atoms. The molecule has 1 aromatic heterocycles. The topological polar surface area (TPSA) is 71.5 Å². The van der Waals surface area contributed by atoms with Crippen LogP contribution in [0.15, 0.2) is 12.1 Å². The van der Waals surface area contributed by atoms with E-state index in [4.69, 9.17) is 9.84 Å². The van der Waals surface area contributed by atoms with Crippen LogP contribution in [-0.2, 0) is 11.2 Å². The molecule has 0 aliphatic rings. The summed E-state index contributed by atoms with van der Waals surface area (Å²) in [4.78, 5) is 15.4. The van der Waals surface area contributed by atoms with Gasteiger partial charge >= 0.3 is 5.97 Å². The number of pyridine rings is 1. The number of carboxylic acids is 1. The number of ether oxygens (including phenoxy) is 1. The quantitative estimate of drug-likeness (QED) is 0.778. The van der Waals surface area contributed by atoms with Gasteiger partial charge in [-0.05, 0) is 31.9 Å². The number of rotatable bonds is 7. The van der Waals surface area contributed by atoms with Gasteiger partial charge in [-0.25, -0.2) is 9.78 Å². The van der Waals surface area contributed by atoms with Crippen molar-refractivity contribution in [2.24, 2.45) is 0 Å². The van der Waals surface area contributed by atoms with E-state index in [0.29, 0.717) is 18.8 Å². The lowest BCUT2D eigenvalue weighted by atomic mass is 10.2. The van der Waals surface area contributed by atoms with Gasteiger partial charge in [0.1, 0.15) is 5.82 Å². The number of aryl methyl sites for hydroxylation is 1. The maximum absolute atomic E-state index is 11.0. The Bertz CT molecular complexity index is 407. The fraction of sp³-hybridized carbons (Fsp3) is 0.538. The third kappa shape index (κ3) is 4.33. The highest BCUT2D eigenvalue weighted by Gasteiger charge is 2.09. The Labute approximate surface area is 107 Å². The number of aromatic nitrogens is 1. The van der Waals surface area contributed by atoms with Gasteiger partial charge in [0.2, 0.25) is 0 Å². The van der Waals surface area contributed by atoms with E-state index in [0.717, 1.165) is 12.1 Å². The molecule has 100 valence electrons. The van der Waals surface area contributed by atoms with Gasteiger partial charge < -0.3 is 15.2 Å². The summed E-state index contributed by atoms with van der Waals surface area (Å²) in [7, 11) is 1.66. The van der Waals surface area contributed by atoms with E-state index in [1.54, 1.807) is 19.2 Å². The zero-order valence-corrected chi connectivity index (χ0v) is 11.1. The lowest BCUT2D eigenvalue weighted by Gasteiger charge is -2.15. The molecule has 0 aromatic carbocycles. The highest BCUT2D eigenvalue weighted by atomic mass is 16.5. The molecule has 0 radical (unpaired) electrons. The first-order valence-corrected chi connectivity index (χ1v) is 6.06. The van der Waals surface area contributed by atoms with Crippen LogP contribution in [0.4, 0.5) is 5.82 Å². The molecule has 0 aliphatic heterocycles. The van der Waals surface area contributed by atoms with Gasteiger partial charge in [0.05, 0.1) is 5.56 Å². The molecule has 5 nitrogen and oxygen atoms in total. The molecule has 0 fully saturated rings. The predicted octanol–water partition coefficient (Wildman–Crippen LogP) is 2.18. The normalized spacial score (nSPS) is 12.2. The second kappa shape index (κ2) is 6.96. The van der Waals surface area contributed by atoms with Crippen molar-refractivity contribution in [3.05, 3.63) is 23.4 Å². The standard InChI is InChI=1S/C13H20N2O3/c1-4-11-7-10(13(16)17)8-12(15-11)14-9(2)5-6-18-3/h7-9H,4-6H2,1-3H3,(H,14,15)(H,16,17). The molecule has 2 N–H and O–H groups in total. The fourth-order valence-corrected chi connectivity index (χ4v) is 1.59. The van der Waals surface area contributed by atoms with Crippen molar-refractivity contribution in [3.8, 4) is 0 Å². The predicted molar refractivity (Wildman–Crippen MR) is 70.2 cm³/mol. The van der Waals surface area contributed by atoms with Gasteiger partial charge in [-0.3, -0.25) is 0 Å². The van der Waals surface area contributed by atoms with Gasteiger partial charge in [0, 0.05) is 25.5 Å². The summed E-state index contributed by atoms with van der Waals surface area (Å²) in [5, 5.41) is 12.2. The summed E-state index contributed by atoms with van der Waals surface area (Å²) >= 11 is 0. The van der Waals surface area contributed by atoms with Crippen LogP contribution in [0, 0.1) is 0 Å². The largest absolute Gasteiger partial charge is 0.478 e. The number of carboxylic acid groups (broad SMARTS) is 1. The van der Waals surface area contributed by atoms with Crippen molar-refractivity contribution in [2.75, 3.05) is 19.0 Å². The maximum atomic E-state index is 11.0. The highest BCUT2D eigenvalue weighted by molar-refractivity contribution is 5.88. The molecular weight excluding hydrogens is 232 g/mol. The Balaban J connectivity index is 2.81. The van der Waals surface area contributed by atoms with Crippen LogP contribution in [0.2, 0.25) is 0 Å². The molecule has 5 heteroatoms. The summed E-state index contributed by atoms with van der Waals surface area (Å²) in [5.74, 6) is -0.324. The van der Waals surface area contributed by atoms with E-state index in [2.05, 4.69) is 10.3 Å². The number of methoxy groups -OCH3 is 1. The number of aromatic carboxylic acids is 1. The van der Waals surface area contributed by atoms with E-state index in [1.807, 2.05) is 13.8 Å². The lowest BCUT2D eigenvalue weighted by molar-refractivity contribution is 0.0696. The van der Waals surface area contributed by atoms with Gasteiger partial charge in [-0.15, -0.1) is 0 Å². The van der Waals surface area contributed by atoms with E-state index in [9.17, 15) is 4.79 Å². The number of anilines is 1. The van der Waals surface area contributed by atoms with E-state index >= 15 is 0 Å². The molecule has 0 bridgehead atoms. The zero-order chi connectivity index (χ0) is 13.5. The number of nitrogens with one attached hydrogen (secondary N) is 1. The third-order valence-corrected chi connectivity index (χ3v) is 2.64. The highest BCUT2D eigenvalue weighted by Crippen LogP contribution is 2.13. The zero-order valence-electron chi connectivity index (χ0n) is 11.1. The second-order valence-corrected chi connectivity index (χ2v) is 4.22. The molecule has 1 heterocycles. The molecule has 0 spiro atoms.